The summed E-state index contributed by atoms with van der Waals surface area (Å²) in [5.74, 6) is 0. The van der Waals surface area contributed by atoms with E-state index in [-0.39, 0.29) is 0 Å². The van der Waals surface area contributed by atoms with E-state index in [0.717, 1.165) is 0 Å². The van der Waals surface area contributed by atoms with Crippen LogP contribution in [0.2, 0.25) is 0 Å². The molecule has 0 saturated carbocycles. The van der Waals surface area contributed by atoms with Gasteiger partial charge >= 0.3 is 0 Å². The number of allylic oxidation sites excluding steroid dienone is 2. The summed E-state index contributed by atoms with van der Waals surface area (Å²) in [5, 5.41) is 0. The number of epoxide rings is 1. The highest BCUT2D eigenvalue weighted by molar-refractivity contribution is 4.85. The molecule has 1 heterocycles. The predicted octanol–water partition coefficient (Wildman–Crippen LogP) is 5.00. The largest absolute Gasteiger partial charge is 0.370 e. The predicted molar refractivity (Wildman–Crippen MR) is 73.2 cm³/mol. The number of fused-ring (bicyclic) bond motifs is 1. The van der Waals surface area contributed by atoms with Gasteiger partial charge in [-0.1, -0.05) is 50.7 Å². The second kappa shape index (κ2) is 7.92. The van der Waals surface area contributed by atoms with Crippen molar-refractivity contribution in [1.82, 2.24) is 0 Å². The third kappa shape index (κ3) is 5.72. The molecule has 98 valence electrons. The molecule has 1 saturated heterocycles. The zero-order valence-corrected chi connectivity index (χ0v) is 11.2. The number of rotatable bonds is 0. The molecule has 2 aliphatic rings. The van der Waals surface area contributed by atoms with E-state index in [0.29, 0.717) is 12.2 Å². The summed E-state index contributed by atoms with van der Waals surface area (Å²) < 4.78 is 5.73. The Morgan fingerprint density at radius 3 is 1.59 bits per heavy atom. The van der Waals surface area contributed by atoms with E-state index in [2.05, 4.69) is 12.2 Å². The Labute approximate surface area is 107 Å². The van der Waals surface area contributed by atoms with Crippen molar-refractivity contribution >= 4 is 0 Å². The van der Waals surface area contributed by atoms with Gasteiger partial charge in [-0.25, -0.2) is 0 Å². The van der Waals surface area contributed by atoms with E-state index in [4.69, 9.17) is 4.74 Å². The van der Waals surface area contributed by atoms with Gasteiger partial charge in [0.15, 0.2) is 0 Å². The standard InChI is InChI=1S/C16H28O/c1-2-4-6-8-10-12-14-16-15(17-16)13-11-9-7-5-3-1/h1-2,15-16H,3-14H2/b2-1+/t15-,16?/m0/s1. The summed E-state index contributed by atoms with van der Waals surface area (Å²) in [5.41, 5.74) is 0. The van der Waals surface area contributed by atoms with Crippen LogP contribution in [0.15, 0.2) is 12.2 Å². The molecule has 0 spiro atoms. The minimum Gasteiger partial charge on any atom is -0.370 e. The lowest BCUT2D eigenvalue weighted by molar-refractivity contribution is 0.348. The minimum atomic E-state index is 0.641. The Bertz CT molecular complexity index is 200. The molecule has 1 fully saturated rings. The van der Waals surface area contributed by atoms with Crippen molar-refractivity contribution in [3.05, 3.63) is 12.2 Å². The van der Waals surface area contributed by atoms with Crippen LogP contribution < -0.4 is 0 Å². The van der Waals surface area contributed by atoms with E-state index in [9.17, 15) is 0 Å². The number of ether oxygens (including phenoxy) is 1. The average Bonchev–Trinajstić information content (AvgIpc) is 3.07. The molecule has 0 aromatic carbocycles. The van der Waals surface area contributed by atoms with Crippen LogP contribution in [-0.2, 0) is 4.74 Å². The molecule has 1 unspecified atom stereocenters. The summed E-state index contributed by atoms with van der Waals surface area (Å²) in [4.78, 5) is 0. The van der Waals surface area contributed by atoms with E-state index in [1.165, 1.54) is 77.0 Å². The molecule has 2 atom stereocenters. The van der Waals surface area contributed by atoms with Crippen molar-refractivity contribution in [2.75, 3.05) is 0 Å². The van der Waals surface area contributed by atoms with Crippen LogP contribution in [0.3, 0.4) is 0 Å². The van der Waals surface area contributed by atoms with Crippen LogP contribution in [0, 0.1) is 0 Å². The van der Waals surface area contributed by atoms with Gasteiger partial charge in [-0.15, -0.1) is 0 Å². The highest BCUT2D eigenvalue weighted by Crippen LogP contribution is 2.31. The molecule has 1 nitrogen and oxygen atoms in total. The molecular formula is C16H28O. The average molecular weight is 236 g/mol. The van der Waals surface area contributed by atoms with Gasteiger partial charge in [0.1, 0.15) is 0 Å². The summed E-state index contributed by atoms with van der Waals surface area (Å²) in [6, 6.07) is 0. The first-order chi connectivity index (χ1) is 8.47. The van der Waals surface area contributed by atoms with Crippen LogP contribution >= 0.6 is 0 Å². The van der Waals surface area contributed by atoms with E-state index in [1.807, 2.05) is 0 Å². The first-order valence-electron chi connectivity index (χ1n) is 7.77. The van der Waals surface area contributed by atoms with Crippen molar-refractivity contribution in [2.24, 2.45) is 0 Å². The van der Waals surface area contributed by atoms with Gasteiger partial charge < -0.3 is 4.74 Å². The molecule has 0 aromatic heterocycles. The number of hydrogen-bond donors (Lipinski definition) is 0. The Morgan fingerprint density at radius 1 is 0.588 bits per heavy atom. The van der Waals surface area contributed by atoms with Gasteiger partial charge in [-0.05, 0) is 38.5 Å². The van der Waals surface area contributed by atoms with Gasteiger partial charge in [0.25, 0.3) is 0 Å². The molecule has 0 radical (unpaired) electrons. The maximum absolute atomic E-state index is 5.73. The fourth-order valence-corrected chi connectivity index (χ4v) is 2.85. The van der Waals surface area contributed by atoms with E-state index in [1.54, 1.807) is 0 Å². The molecule has 1 aliphatic heterocycles. The topological polar surface area (TPSA) is 12.5 Å². The quantitative estimate of drug-likeness (QED) is 0.425. The maximum atomic E-state index is 5.73. The lowest BCUT2D eigenvalue weighted by Gasteiger charge is -2.01. The van der Waals surface area contributed by atoms with Gasteiger partial charge in [-0.2, -0.15) is 0 Å². The van der Waals surface area contributed by atoms with Gasteiger partial charge in [0.2, 0.25) is 0 Å². The lowest BCUT2D eigenvalue weighted by atomic mass is 10.0. The second-order valence-corrected chi connectivity index (χ2v) is 5.67. The lowest BCUT2D eigenvalue weighted by Crippen LogP contribution is -1.95. The number of hydrogen-bond acceptors (Lipinski definition) is 1. The Morgan fingerprint density at radius 2 is 1.06 bits per heavy atom. The SMILES string of the molecule is C1=C/CCCCCC[C@@H]2OC2CCCCCC/1. The highest BCUT2D eigenvalue weighted by atomic mass is 16.6. The van der Waals surface area contributed by atoms with Crippen LogP contribution in [0.4, 0.5) is 0 Å². The van der Waals surface area contributed by atoms with Crippen LogP contribution in [0.1, 0.15) is 77.0 Å². The van der Waals surface area contributed by atoms with E-state index < -0.39 is 0 Å². The fourth-order valence-electron chi connectivity index (χ4n) is 2.85. The molecule has 2 rings (SSSR count). The van der Waals surface area contributed by atoms with Crippen molar-refractivity contribution in [2.45, 2.75) is 89.3 Å². The van der Waals surface area contributed by atoms with Crippen molar-refractivity contribution in [3.8, 4) is 0 Å². The third-order valence-electron chi connectivity index (χ3n) is 4.07. The van der Waals surface area contributed by atoms with Gasteiger partial charge in [0, 0.05) is 0 Å². The van der Waals surface area contributed by atoms with Gasteiger partial charge in [0.05, 0.1) is 12.2 Å². The molecule has 0 amide bonds. The molecule has 1 heteroatoms. The first kappa shape index (κ1) is 13.1. The smallest absolute Gasteiger partial charge is 0.0841 e. The first-order valence-corrected chi connectivity index (χ1v) is 7.77. The summed E-state index contributed by atoms with van der Waals surface area (Å²) >= 11 is 0. The zero-order chi connectivity index (χ0) is 11.8. The normalized spacial score (nSPS) is 34.8. The van der Waals surface area contributed by atoms with E-state index >= 15 is 0 Å². The fraction of sp³-hybridized carbons (Fsp3) is 0.875. The maximum Gasteiger partial charge on any atom is 0.0841 e. The van der Waals surface area contributed by atoms with Crippen LogP contribution in [0.5, 0.6) is 0 Å². The van der Waals surface area contributed by atoms with Crippen LogP contribution in [0.25, 0.3) is 0 Å². The zero-order valence-electron chi connectivity index (χ0n) is 11.2. The van der Waals surface area contributed by atoms with Crippen LogP contribution in [-0.4, -0.2) is 12.2 Å². The molecule has 0 N–H and O–H groups in total. The minimum absolute atomic E-state index is 0.641. The Kier molecular flexibility index (Phi) is 6.12. The van der Waals surface area contributed by atoms with Gasteiger partial charge in [-0.3, -0.25) is 0 Å². The Hall–Kier alpha value is -0.300. The van der Waals surface area contributed by atoms with Crippen molar-refractivity contribution in [3.63, 3.8) is 0 Å². The molecule has 0 aromatic rings. The molecule has 1 aliphatic carbocycles. The second-order valence-electron chi connectivity index (χ2n) is 5.67. The highest BCUT2D eigenvalue weighted by Gasteiger charge is 2.36. The third-order valence-corrected chi connectivity index (χ3v) is 4.07. The summed E-state index contributed by atoms with van der Waals surface area (Å²) in [7, 11) is 0. The molecule has 0 bridgehead atoms. The van der Waals surface area contributed by atoms with Crippen molar-refractivity contribution < 1.29 is 4.74 Å². The monoisotopic (exact) mass is 236 g/mol. The molecule has 17 heavy (non-hydrogen) atoms. The summed E-state index contributed by atoms with van der Waals surface area (Å²) in [6.07, 6.45) is 22.4. The van der Waals surface area contributed by atoms with Crippen molar-refractivity contribution in [1.29, 1.82) is 0 Å². The summed E-state index contributed by atoms with van der Waals surface area (Å²) in [6.45, 7) is 0. The molecular weight excluding hydrogens is 208 g/mol. The Balaban J connectivity index is 1.63.